The van der Waals surface area contributed by atoms with Gasteiger partial charge in [0.05, 0.1) is 22.1 Å². The van der Waals surface area contributed by atoms with Crippen LogP contribution in [0.3, 0.4) is 0 Å². The zero-order valence-electron chi connectivity index (χ0n) is 18.3. The molecule has 2 aliphatic rings. The number of carbonyl (C=O) groups excluding carboxylic acids is 1. The fraction of sp³-hybridized carbons (Fsp3) is 0.435. The fourth-order valence-electron chi connectivity index (χ4n) is 4.48. The standard InChI is InChI=1S/C23H25F4N3O3S/c24-20-8-1-2-9-21(20)28-11-13-29(14-12-28)22(31)17-5-4-10-30(16-17)34(32,33)19-7-3-6-18(15-19)23(25,26)27/h1-3,6-9,15,17H,4-5,10-14,16H2/t17-/m1/s1. The van der Waals surface area contributed by atoms with E-state index in [4.69, 9.17) is 0 Å². The average molecular weight is 500 g/mol. The number of hydrogen-bond acceptors (Lipinski definition) is 4. The van der Waals surface area contributed by atoms with Crippen molar-refractivity contribution in [3.05, 3.63) is 59.9 Å². The highest BCUT2D eigenvalue weighted by Gasteiger charge is 2.37. The molecule has 1 amide bonds. The number of sulfonamides is 1. The number of carbonyl (C=O) groups is 1. The number of alkyl halides is 3. The first-order valence-corrected chi connectivity index (χ1v) is 12.5. The lowest BCUT2D eigenvalue weighted by atomic mass is 9.97. The van der Waals surface area contributed by atoms with E-state index in [0.717, 1.165) is 22.5 Å². The first-order chi connectivity index (χ1) is 16.1. The minimum Gasteiger partial charge on any atom is -0.366 e. The Kier molecular flexibility index (Phi) is 6.86. The molecular weight excluding hydrogens is 474 g/mol. The van der Waals surface area contributed by atoms with Gasteiger partial charge in [0, 0.05) is 39.3 Å². The number of nitrogens with zero attached hydrogens (tertiary/aromatic N) is 3. The molecule has 0 saturated carbocycles. The van der Waals surface area contributed by atoms with Crippen molar-refractivity contribution < 1.29 is 30.8 Å². The molecule has 0 unspecified atom stereocenters. The van der Waals surface area contributed by atoms with Gasteiger partial charge in [0.1, 0.15) is 5.82 Å². The lowest BCUT2D eigenvalue weighted by Crippen LogP contribution is -2.53. The molecule has 4 rings (SSSR count). The Morgan fingerprint density at radius 2 is 1.65 bits per heavy atom. The van der Waals surface area contributed by atoms with Crippen LogP contribution < -0.4 is 4.90 Å². The van der Waals surface area contributed by atoms with Gasteiger partial charge >= 0.3 is 6.18 Å². The maximum absolute atomic E-state index is 14.1. The van der Waals surface area contributed by atoms with Crippen molar-refractivity contribution in [3.63, 3.8) is 0 Å². The van der Waals surface area contributed by atoms with Crippen molar-refractivity contribution in [3.8, 4) is 0 Å². The Bertz CT molecular complexity index is 1150. The Morgan fingerprint density at radius 3 is 2.32 bits per heavy atom. The van der Waals surface area contributed by atoms with E-state index in [2.05, 4.69) is 0 Å². The summed E-state index contributed by atoms with van der Waals surface area (Å²) < 4.78 is 80.4. The van der Waals surface area contributed by atoms with Crippen LogP contribution in [0.25, 0.3) is 0 Å². The van der Waals surface area contributed by atoms with Crippen LogP contribution in [-0.4, -0.2) is 62.8 Å². The third kappa shape index (κ3) is 5.05. The molecule has 0 spiro atoms. The van der Waals surface area contributed by atoms with Gasteiger partial charge in [-0.05, 0) is 43.2 Å². The number of hydrogen-bond donors (Lipinski definition) is 0. The molecule has 0 bridgehead atoms. The molecule has 2 heterocycles. The zero-order valence-corrected chi connectivity index (χ0v) is 19.2. The molecule has 2 saturated heterocycles. The van der Waals surface area contributed by atoms with E-state index in [1.807, 2.05) is 4.90 Å². The van der Waals surface area contributed by atoms with Crippen LogP contribution in [0.15, 0.2) is 53.4 Å². The van der Waals surface area contributed by atoms with Crippen LogP contribution in [0, 0.1) is 11.7 Å². The molecule has 2 aliphatic heterocycles. The molecule has 184 valence electrons. The van der Waals surface area contributed by atoms with E-state index >= 15 is 0 Å². The summed E-state index contributed by atoms with van der Waals surface area (Å²) in [5.74, 6) is -1.09. The highest BCUT2D eigenvalue weighted by Crippen LogP contribution is 2.32. The van der Waals surface area contributed by atoms with E-state index in [1.54, 1.807) is 23.1 Å². The summed E-state index contributed by atoms with van der Waals surface area (Å²) in [6, 6.07) is 10.1. The van der Waals surface area contributed by atoms with E-state index < -0.39 is 32.6 Å². The molecule has 0 aromatic heterocycles. The van der Waals surface area contributed by atoms with Crippen molar-refractivity contribution in [1.82, 2.24) is 9.21 Å². The van der Waals surface area contributed by atoms with Crippen LogP contribution in [0.5, 0.6) is 0 Å². The summed E-state index contributed by atoms with van der Waals surface area (Å²) in [6.07, 6.45) is -3.72. The maximum atomic E-state index is 14.1. The minimum atomic E-state index is -4.66. The number of anilines is 1. The van der Waals surface area contributed by atoms with Crippen molar-refractivity contribution in [2.75, 3.05) is 44.2 Å². The molecule has 34 heavy (non-hydrogen) atoms. The molecule has 6 nitrogen and oxygen atoms in total. The van der Waals surface area contributed by atoms with Gasteiger partial charge in [-0.15, -0.1) is 0 Å². The van der Waals surface area contributed by atoms with Crippen molar-refractivity contribution in [2.45, 2.75) is 23.9 Å². The second-order valence-corrected chi connectivity index (χ2v) is 10.4. The van der Waals surface area contributed by atoms with Gasteiger partial charge in [-0.25, -0.2) is 12.8 Å². The average Bonchev–Trinajstić information content (AvgIpc) is 2.84. The molecule has 2 aromatic rings. The largest absolute Gasteiger partial charge is 0.416 e. The van der Waals surface area contributed by atoms with Gasteiger partial charge in [-0.3, -0.25) is 4.79 Å². The van der Waals surface area contributed by atoms with Crippen LogP contribution in [0.2, 0.25) is 0 Å². The van der Waals surface area contributed by atoms with E-state index in [0.29, 0.717) is 50.8 Å². The van der Waals surface area contributed by atoms with E-state index in [1.165, 1.54) is 6.07 Å². The quantitative estimate of drug-likeness (QED) is 0.604. The monoisotopic (exact) mass is 499 g/mol. The Balaban J connectivity index is 1.42. The number of rotatable bonds is 4. The Morgan fingerprint density at radius 1 is 0.941 bits per heavy atom. The fourth-order valence-corrected chi connectivity index (χ4v) is 6.05. The summed E-state index contributed by atoms with van der Waals surface area (Å²) in [6.45, 7) is 1.72. The lowest BCUT2D eigenvalue weighted by Gasteiger charge is -2.39. The van der Waals surface area contributed by atoms with Gasteiger partial charge in [-0.1, -0.05) is 18.2 Å². The Labute approximate surface area is 195 Å². The third-order valence-electron chi connectivity index (χ3n) is 6.32. The summed E-state index contributed by atoms with van der Waals surface area (Å²) in [4.78, 5) is 16.2. The molecule has 11 heteroatoms. The van der Waals surface area contributed by atoms with Crippen molar-refractivity contribution in [1.29, 1.82) is 0 Å². The van der Waals surface area contributed by atoms with Crippen molar-refractivity contribution >= 4 is 21.6 Å². The molecule has 2 aromatic carbocycles. The smallest absolute Gasteiger partial charge is 0.366 e. The van der Waals surface area contributed by atoms with E-state index in [-0.39, 0.29) is 24.8 Å². The lowest BCUT2D eigenvalue weighted by molar-refractivity contribution is -0.138. The van der Waals surface area contributed by atoms with Crippen LogP contribution >= 0.6 is 0 Å². The highest BCUT2D eigenvalue weighted by molar-refractivity contribution is 7.89. The summed E-state index contributed by atoms with van der Waals surface area (Å²) in [5.41, 5.74) is -0.559. The van der Waals surface area contributed by atoms with Gasteiger partial charge in [0.2, 0.25) is 15.9 Å². The summed E-state index contributed by atoms with van der Waals surface area (Å²) >= 11 is 0. The van der Waals surface area contributed by atoms with Gasteiger partial charge in [0.15, 0.2) is 0 Å². The number of para-hydroxylation sites is 1. The predicted molar refractivity (Wildman–Crippen MR) is 118 cm³/mol. The number of amides is 1. The van der Waals surface area contributed by atoms with E-state index in [9.17, 15) is 30.8 Å². The zero-order chi connectivity index (χ0) is 24.5. The van der Waals surface area contributed by atoms with Gasteiger partial charge in [0.25, 0.3) is 0 Å². The maximum Gasteiger partial charge on any atom is 0.416 e. The summed E-state index contributed by atoms with van der Waals surface area (Å²) in [5, 5.41) is 0. The van der Waals surface area contributed by atoms with Crippen LogP contribution in [-0.2, 0) is 21.0 Å². The first kappa shape index (κ1) is 24.5. The van der Waals surface area contributed by atoms with Gasteiger partial charge in [-0.2, -0.15) is 17.5 Å². The van der Waals surface area contributed by atoms with Crippen LogP contribution in [0.4, 0.5) is 23.2 Å². The highest BCUT2D eigenvalue weighted by atomic mass is 32.2. The molecule has 0 aliphatic carbocycles. The minimum absolute atomic E-state index is 0.0784. The Hall–Kier alpha value is -2.66. The molecule has 0 N–H and O–H groups in total. The van der Waals surface area contributed by atoms with Crippen LogP contribution in [0.1, 0.15) is 18.4 Å². The first-order valence-electron chi connectivity index (χ1n) is 11.0. The predicted octanol–water partition coefficient (Wildman–Crippen LogP) is 3.59. The second kappa shape index (κ2) is 9.53. The number of benzene rings is 2. The third-order valence-corrected chi connectivity index (χ3v) is 8.18. The molecule has 0 radical (unpaired) electrons. The number of piperidine rings is 1. The van der Waals surface area contributed by atoms with Gasteiger partial charge < -0.3 is 9.80 Å². The molecule has 2 fully saturated rings. The normalized spacial score (nSPS) is 20.4. The number of halogens is 4. The molecule has 1 atom stereocenters. The number of piperazine rings is 1. The molecular formula is C23H25F4N3O3S. The summed E-state index contributed by atoms with van der Waals surface area (Å²) in [7, 11) is -4.18. The van der Waals surface area contributed by atoms with Crippen molar-refractivity contribution in [2.24, 2.45) is 5.92 Å². The topological polar surface area (TPSA) is 60.9 Å². The second-order valence-electron chi connectivity index (χ2n) is 8.49. The SMILES string of the molecule is O=C([C@@H]1CCCN(S(=O)(=O)c2cccc(C(F)(F)F)c2)C1)N1CCN(c2ccccc2F)CC1.